The molecule has 0 aromatic heterocycles. The second-order valence-electron chi connectivity index (χ2n) is 9.37. The maximum Gasteiger partial charge on any atom is 0.251 e. The van der Waals surface area contributed by atoms with Gasteiger partial charge in [0.1, 0.15) is 5.75 Å². The minimum Gasteiger partial charge on any atom is -0.497 e. The summed E-state index contributed by atoms with van der Waals surface area (Å²) in [5.41, 5.74) is 3.02. The molecule has 2 aromatic rings. The van der Waals surface area contributed by atoms with Crippen molar-refractivity contribution in [3.8, 4) is 5.75 Å². The Kier molecular flexibility index (Phi) is 7.91. The standard InChI is InChI=1S/C26H35N3O3/c1-26(2,3)22-10-8-21(9-11-22)25(31)27-18-24(30)29-15-5-14-28(16-17-29)19-20-6-12-23(32-4)13-7-20/h6-13H,5,14-19H2,1-4H3,(H,27,31). The van der Waals surface area contributed by atoms with Gasteiger partial charge in [-0.2, -0.15) is 0 Å². The van der Waals surface area contributed by atoms with E-state index >= 15 is 0 Å². The van der Waals surface area contributed by atoms with Crippen LogP contribution in [0.5, 0.6) is 5.75 Å². The van der Waals surface area contributed by atoms with Gasteiger partial charge in [0.05, 0.1) is 13.7 Å². The molecular weight excluding hydrogens is 402 g/mol. The lowest BCUT2D eigenvalue weighted by Gasteiger charge is -2.22. The third-order valence-electron chi connectivity index (χ3n) is 5.92. The molecular formula is C26H35N3O3. The molecule has 1 N–H and O–H groups in total. The van der Waals surface area contributed by atoms with Crippen molar-refractivity contribution in [3.63, 3.8) is 0 Å². The highest BCUT2D eigenvalue weighted by Crippen LogP contribution is 2.22. The first-order valence-corrected chi connectivity index (χ1v) is 11.3. The van der Waals surface area contributed by atoms with Crippen LogP contribution in [0, 0.1) is 0 Å². The lowest BCUT2D eigenvalue weighted by Crippen LogP contribution is -2.42. The summed E-state index contributed by atoms with van der Waals surface area (Å²) in [5.74, 6) is 0.610. The number of carbonyl (C=O) groups is 2. The molecule has 0 spiro atoms. The van der Waals surface area contributed by atoms with Gasteiger partial charge >= 0.3 is 0 Å². The molecule has 1 aliphatic rings. The quantitative estimate of drug-likeness (QED) is 0.752. The van der Waals surface area contributed by atoms with E-state index in [1.54, 1.807) is 7.11 Å². The lowest BCUT2D eigenvalue weighted by atomic mass is 9.87. The lowest BCUT2D eigenvalue weighted by molar-refractivity contribution is -0.130. The van der Waals surface area contributed by atoms with Crippen molar-refractivity contribution in [2.45, 2.75) is 39.2 Å². The molecule has 0 radical (unpaired) electrons. The Hall–Kier alpha value is -2.86. The normalized spacial score (nSPS) is 15.2. The van der Waals surface area contributed by atoms with E-state index in [2.05, 4.69) is 43.1 Å². The molecule has 1 heterocycles. The molecule has 1 fully saturated rings. The molecule has 2 amide bonds. The van der Waals surface area contributed by atoms with Crippen molar-refractivity contribution in [1.29, 1.82) is 0 Å². The summed E-state index contributed by atoms with van der Waals surface area (Å²) < 4.78 is 5.22. The highest BCUT2D eigenvalue weighted by molar-refractivity contribution is 5.96. The van der Waals surface area contributed by atoms with Crippen LogP contribution in [0.2, 0.25) is 0 Å². The predicted molar refractivity (Wildman–Crippen MR) is 127 cm³/mol. The van der Waals surface area contributed by atoms with Crippen LogP contribution >= 0.6 is 0 Å². The minimum atomic E-state index is -0.213. The number of methoxy groups -OCH3 is 1. The number of nitrogens with zero attached hydrogens (tertiary/aromatic N) is 2. The van der Waals surface area contributed by atoms with Gasteiger partial charge in [0.2, 0.25) is 5.91 Å². The van der Waals surface area contributed by atoms with E-state index in [1.807, 2.05) is 41.3 Å². The smallest absolute Gasteiger partial charge is 0.251 e. The van der Waals surface area contributed by atoms with E-state index in [4.69, 9.17) is 4.74 Å². The SMILES string of the molecule is COc1ccc(CN2CCCN(C(=O)CNC(=O)c3ccc(C(C)(C)C)cc3)CC2)cc1. The zero-order chi connectivity index (χ0) is 23.1. The second kappa shape index (κ2) is 10.6. The molecule has 0 bridgehead atoms. The minimum absolute atomic E-state index is 0.0261. The van der Waals surface area contributed by atoms with Gasteiger partial charge < -0.3 is 15.0 Å². The maximum atomic E-state index is 12.7. The van der Waals surface area contributed by atoms with Crippen molar-refractivity contribution in [2.75, 3.05) is 39.8 Å². The van der Waals surface area contributed by atoms with Crippen LogP contribution in [0.25, 0.3) is 0 Å². The molecule has 2 aromatic carbocycles. The Morgan fingerprint density at radius 2 is 1.62 bits per heavy atom. The van der Waals surface area contributed by atoms with Gasteiger partial charge in [-0.3, -0.25) is 14.5 Å². The van der Waals surface area contributed by atoms with Crippen molar-refractivity contribution >= 4 is 11.8 Å². The highest BCUT2D eigenvalue weighted by Gasteiger charge is 2.20. The zero-order valence-electron chi connectivity index (χ0n) is 19.7. The van der Waals surface area contributed by atoms with Crippen LogP contribution in [0.1, 0.15) is 48.7 Å². The van der Waals surface area contributed by atoms with Gasteiger partial charge in [-0.15, -0.1) is 0 Å². The maximum absolute atomic E-state index is 12.7. The average Bonchev–Trinajstić information content (AvgIpc) is 3.03. The molecule has 0 saturated carbocycles. The number of carbonyl (C=O) groups excluding carboxylic acids is 2. The van der Waals surface area contributed by atoms with Crippen molar-refractivity contribution < 1.29 is 14.3 Å². The second-order valence-corrected chi connectivity index (χ2v) is 9.37. The fourth-order valence-electron chi connectivity index (χ4n) is 3.86. The van der Waals surface area contributed by atoms with E-state index in [1.165, 1.54) is 11.1 Å². The molecule has 6 nitrogen and oxygen atoms in total. The number of benzene rings is 2. The Bertz CT molecular complexity index is 901. The van der Waals surface area contributed by atoms with Gasteiger partial charge in [-0.1, -0.05) is 45.0 Å². The molecule has 1 saturated heterocycles. The first-order valence-electron chi connectivity index (χ1n) is 11.3. The highest BCUT2D eigenvalue weighted by atomic mass is 16.5. The average molecular weight is 438 g/mol. The van der Waals surface area contributed by atoms with Crippen molar-refractivity contribution in [3.05, 3.63) is 65.2 Å². The number of nitrogens with one attached hydrogen (secondary N) is 1. The number of rotatable bonds is 6. The topological polar surface area (TPSA) is 61.9 Å². The van der Waals surface area contributed by atoms with Gasteiger partial charge in [-0.05, 0) is 47.2 Å². The van der Waals surface area contributed by atoms with Crippen LogP contribution in [-0.2, 0) is 16.8 Å². The van der Waals surface area contributed by atoms with E-state index in [9.17, 15) is 9.59 Å². The summed E-state index contributed by atoms with van der Waals surface area (Å²) in [4.78, 5) is 29.4. The van der Waals surface area contributed by atoms with Crippen LogP contribution in [0.3, 0.4) is 0 Å². The van der Waals surface area contributed by atoms with E-state index in [-0.39, 0.29) is 23.8 Å². The van der Waals surface area contributed by atoms with Crippen LogP contribution in [-0.4, -0.2) is 61.4 Å². The van der Waals surface area contributed by atoms with Gasteiger partial charge in [0.25, 0.3) is 5.91 Å². The summed E-state index contributed by atoms with van der Waals surface area (Å²) in [6.45, 7) is 10.5. The number of hydrogen-bond donors (Lipinski definition) is 1. The summed E-state index contributed by atoms with van der Waals surface area (Å²) in [5, 5.41) is 2.78. The molecule has 1 aliphatic heterocycles. The van der Waals surface area contributed by atoms with E-state index < -0.39 is 0 Å². The van der Waals surface area contributed by atoms with Crippen molar-refractivity contribution in [2.24, 2.45) is 0 Å². The van der Waals surface area contributed by atoms with Crippen molar-refractivity contribution in [1.82, 2.24) is 15.1 Å². The number of hydrogen-bond acceptors (Lipinski definition) is 4. The first-order chi connectivity index (χ1) is 15.3. The molecule has 0 atom stereocenters. The Morgan fingerprint density at radius 1 is 0.938 bits per heavy atom. The zero-order valence-corrected chi connectivity index (χ0v) is 19.7. The van der Waals surface area contributed by atoms with E-state index in [0.717, 1.165) is 31.8 Å². The third kappa shape index (κ3) is 6.57. The molecule has 0 unspecified atom stereocenters. The monoisotopic (exact) mass is 437 g/mol. The molecule has 3 rings (SSSR count). The number of amides is 2. The summed E-state index contributed by atoms with van der Waals surface area (Å²) >= 11 is 0. The van der Waals surface area contributed by atoms with Crippen LogP contribution < -0.4 is 10.1 Å². The third-order valence-corrected chi connectivity index (χ3v) is 5.92. The Labute approximate surface area is 191 Å². The fraction of sp³-hybridized carbons (Fsp3) is 0.462. The largest absolute Gasteiger partial charge is 0.497 e. The predicted octanol–water partition coefficient (Wildman–Crippen LogP) is 3.46. The summed E-state index contributed by atoms with van der Waals surface area (Å²) in [6, 6.07) is 15.7. The molecule has 6 heteroatoms. The number of ether oxygens (including phenoxy) is 1. The van der Waals surface area contributed by atoms with Crippen LogP contribution in [0.4, 0.5) is 0 Å². The van der Waals surface area contributed by atoms with Gasteiger partial charge in [0.15, 0.2) is 0 Å². The Balaban J connectivity index is 1.46. The van der Waals surface area contributed by atoms with Gasteiger partial charge in [0, 0.05) is 38.3 Å². The first kappa shape index (κ1) is 23.8. The fourth-order valence-corrected chi connectivity index (χ4v) is 3.86. The summed E-state index contributed by atoms with van der Waals surface area (Å²) in [6.07, 6.45) is 0.921. The van der Waals surface area contributed by atoms with Gasteiger partial charge in [-0.25, -0.2) is 0 Å². The summed E-state index contributed by atoms with van der Waals surface area (Å²) in [7, 11) is 1.67. The molecule has 32 heavy (non-hydrogen) atoms. The van der Waals surface area contributed by atoms with E-state index in [0.29, 0.717) is 18.7 Å². The molecule has 172 valence electrons. The van der Waals surface area contributed by atoms with Crippen LogP contribution in [0.15, 0.2) is 48.5 Å². The molecule has 0 aliphatic carbocycles. The Morgan fingerprint density at radius 3 is 2.25 bits per heavy atom.